The van der Waals surface area contributed by atoms with Gasteiger partial charge in [-0.25, -0.2) is 0 Å². The normalized spacial score (nSPS) is 10.5. The van der Waals surface area contributed by atoms with Gasteiger partial charge in [-0.2, -0.15) is 0 Å². The molecule has 0 aliphatic carbocycles. The molecule has 0 aromatic heterocycles. The first-order chi connectivity index (χ1) is 10.6. The van der Waals surface area contributed by atoms with Gasteiger partial charge in [-0.1, -0.05) is 36.4 Å². The number of nitrogens with two attached hydrogens (primary N) is 2. The Bertz CT molecular complexity index is 639. The smallest absolute Gasteiger partial charge is 0.126 e. The van der Waals surface area contributed by atoms with Gasteiger partial charge in [-0.05, 0) is 17.2 Å². The average molecular weight is 299 g/mol. The van der Waals surface area contributed by atoms with Gasteiger partial charge in [0.05, 0.1) is 6.61 Å². The third-order valence-corrected chi connectivity index (χ3v) is 3.33. The van der Waals surface area contributed by atoms with Crippen molar-refractivity contribution in [3.05, 3.63) is 64.7 Å². The van der Waals surface area contributed by atoms with Crippen molar-refractivity contribution < 1.29 is 9.47 Å². The number of methoxy groups -OCH3 is 1. The van der Waals surface area contributed by atoms with Crippen LogP contribution < -0.4 is 16.2 Å². The van der Waals surface area contributed by atoms with Crippen molar-refractivity contribution in [3.8, 4) is 5.75 Å². The van der Waals surface area contributed by atoms with Crippen LogP contribution in [0, 0.1) is 5.41 Å². The van der Waals surface area contributed by atoms with Crippen LogP contribution in [0.1, 0.15) is 22.3 Å². The highest BCUT2D eigenvalue weighted by molar-refractivity contribution is 5.95. The fourth-order valence-corrected chi connectivity index (χ4v) is 2.06. The largest absolute Gasteiger partial charge is 0.489 e. The molecule has 2 aromatic carbocycles. The summed E-state index contributed by atoms with van der Waals surface area (Å²) in [4.78, 5) is 0. The second kappa shape index (κ2) is 7.59. The Morgan fingerprint density at radius 3 is 2.32 bits per heavy atom. The van der Waals surface area contributed by atoms with E-state index < -0.39 is 0 Å². The van der Waals surface area contributed by atoms with Gasteiger partial charge in [-0.15, -0.1) is 0 Å². The molecule has 22 heavy (non-hydrogen) atoms. The van der Waals surface area contributed by atoms with Crippen LogP contribution in [0.5, 0.6) is 5.75 Å². The maximum Gasteiger partial charge on any atom is 0.126 e. The SMILES string of the molecule is COCc1ccc(C(=N)N)cc1OCc1ccc(CN)cc1. The monoisotopic (exact) mass is 299 g/mol. The van der Waals surface area contributed by atoms with Gasteiger partial charge >= 0.3 is 0 Å². The minimum atomic E-state index is 0.0149. The first-order valence-electron chi connectivity index (χ1n) is 7.01. The van der Waals surface area contributed by atoms with Gasteiger partial charge < -0.3 is 20.9 Å². The molecule has 0 fully saturated rings. The highest BCUT2D eigenvalue weighted by Gasteiger charge is 2.07. The molecule has 0 aliphatic heterocycles. The lowest BCUT2D eigenvalue weighted by atomic mass is 10.1. The van der Waals surface area contributed by atoms with E-state index in [2.05, 4.69) is 0 Å². The van der Waals surface area contributed by atoms with Crippen LogP contribution in [-0.4, -0.2) is 12.9 Å². The van der Waals surface area contributed by atoms with Crippen LogP contribution in [0.4, 0.5) is 0 Å². The summed E-state index contributed by atoms with van der Waals surface area (Å²) in [6.45, 7) is 1.41. The van der Waals surface area contributed by atoms with E-state index in [9.17, 15) is 0 Å². The second-order valence-electron chi connectivity index (χ2n) is 4.98. The highest BCUT2D eigenvalue weighted by atomic mass is 16.5. The first-order valence-corrected chi connectivity index (χ1v) is 7.01. The quantitative estimate of drug-likeness (QED) is 0.539. The van der Waals surface area contributed by atoms with Crippen molar-refractivity contribution >= 4 is 5.84 Å². The third kappa shape index (κ3) is 4.07. The van der Waals surface area contributed by atoms with Crippen molar-refractivity contribution in [2.45, 2.75) is 19.8 Å². The Kier molecular flexibility index (Phi) is 5.52. The fourth-order valence-electron chi connectivity index (χ4n) is 2.06. The zero-order valence-electron chi connectivity index (χ0n) is 12.6. The average Bonchev–Trinajstić information content (AvgIpc) is 2.54. The van der Waals surface area contributed by atoms with Crippen molar-refractivity contribution in [2.24, 2.45) is 11.5 Å². The molecule has 0 spiro atoms. The van der Waals surface area contributed by atoms with Gasteiger partial charge in [0.1, 0.15) is 18.2 Å². The van der Waals surface area contributed by atoms with Crippen molar-refractivity contribution in [1.29, 1.82) is 5.41 Å². The molecule has 0 heterocycles. The number of rotatable bonds is 7. The summed E-state index contributed by atoms with van der Waals surface area (Å²) in [7, 11) is 1.63. The van der Waals surface area contributed by atoms with Crippen LogP contribution in [0.15, 0.2) is 42.5 Å². The van der Waals surface area contributed by atoms with Crippen LogP contribution in [0.2, 0.25) is 0 Å². The zero-order valence-corrected chi connectivity index (χ0v) is 12.6. The third-order valence-electron chi connectivity index (χ3n) is 3.33. The molecule has 0 unspecified atom stereocenters. The second-order valence-corrected chi connectivity index (χ2v) is 4.98. The van der Waals surface area contributed by atoms with Gasteiger partial charge in [0.25, 0.3) is 0 Å². The summed E-state index contributed by atoms with van der Waals surface area (Å²) < 4.78 is 11.0. The zero-order chi connectivity index (χ0) is 15.9. The fraction of sp³-hybridized carbons (Fsp3) is 0.235. The Hall–Kier alpha value is -2.37. The Labute approximate surface area is 130 Å². The number of benzene rings is 2. The summed E-state index contributed by atoms with van der Waals surface area (Å²) in [5, 5.41) is 7.52. The summed E-state index contributed by atoms with van der Waals surface area (Å²) in [6, 6.07) is 13.4. The number of hydrogen-bond acceptors (Lipinski definition) is 4. The van der Waals surface area contributed by atoms with Gasteiger partial charge in [0, 0.05) is 24.8 Å². The predicted octanol–water partition coefficient (Wildman–Crippen LogP) is 2.15. The highest BCUT2D eigenvalue weighted by Crippen LogP contribution is 2.22. The van der Waals surface area contributed by atoms with E-state index in [4.69, 9.17) is 26.4 Å². The molecule has 0 saturated heterocycles. The van der Waals surface area contributed by atoms with E-state index in [1.165, 1.54) is 0 Å². The Morgan fingerprint density at radius 2 is 1.73 bits per heavy atom. The number of hydrogen-bond donors (Lipinski definition) is 3. The number of amidine groups is 1. The number of nitrogen functional groups attached to an aromatic ring is 1. The molecule has 0 saturated carbocycles. The lowest BCUT2D eigenvalue weighted by Crippen LogP contribution is -2.11. The summed E-state index contributed by atoms with van der Waals surface area (Å²) in [6.07, 6.45) is 0. The molecule has 0 bridgehead atoms. The molecule has 0 aliphatic rings. The van der Waals surface area contributed by atoms with Crippen molar-refractivity contribution in [2.75, 3.05) is 7.11 Å². The van der Waals surface area contributed by atoms with E-state index in [1.54, 1.807) is 19.2 Å². The van der Waals surface area contributed by atoms with Crippen LogP contribution in [-0.2, 0) is 24.5 Å². The molecule has 0 radical (unpaired) electrons. The molecule has 116 valence electrons. The van der Waals surface area contributed by atoms with Gasteiger partial charge in [-0.3, -0.25) is 5.41 Å². The minimum absolute atomic E-state index is 0.0149. The molecular weight excluding hydrogens is 278 g/mol. The number of ether oxygens (including phenoxy) is 2. The van der Waals surface area contributed by atoms with E-state index in [0.29, 0.717) is 31.1 Å². The molecule has 0 amide bonds. The van der Waals surface area contributed by atoms with Gasteiger partial charge in [0.15, 0.2) is 0 Å². The van der Waals surface area contributed by atoms with Crippen LogP contribution >= 0.6 is 0 Å². The van der Waals surface area contributed by atoms with E-state index in [-0.39, 0.29) is 5.84 Å². The van der Waals surface area contributed by atoms with E-state index in [1.807, 2.05) is 30.3 Å². The van der Waals surface area contributed by atoms with E-state index >= 15 is 0 Å². The topological polar surface area (TPSA) is 94.3 Å². The number of nitrogens with one attached hydrogen (secondary N) is 1. The summed E-state index contributed by atoms with van der Waals surface area (Å²) in [5.74, 6) is 0.693. The molecule has 0 atom stereocenters. The molecule has 5 N–H and O–H groups in total. The summed E-state index contributed by atoms with van der Waals surface area (Å²) >= 11 is 0. The predicted molar refractivity (Wildman–Crippen MR) is 86.8 cm³/mol. The van der Waals surface area contributed by atoms with Gasteiger partial charge in [0.2, 0.25) is 0 Å². The van der Waals surface area contributed by atoms with Crippen LogP contribution in [0.3, 0.4) is 0 Å². The maximum atomic E-state index is 7.52. The summed E-state index contributed by atoms with van der Waals surface area (Å²) in [5.41, 5.74) is 14.8. The van der Waals surface area contributed by atoms with E-state index in [0.717, 1.165) is 16.7 Å². The Morgan fingerprint density at radius 1 is 1.05 bits per heavy atom. The first kappa shape index (κ1) is 16.0. The molecule has 2 rings (SSSR count). The lowest BCUT2D eigenvalue weighted by molar-refractivity contribution is 0.179. The molecule has 2 aromatic rings. The lowest BCUT2D eigenvalue weighted by Gasteiger charge is -2.13. The Balaban J connectivity index is 2.15. The minimum Gasteiger partial charge on any atom is -0.489 e. The molecule has 5 heteroatoms. The molecule has 5 nitrogen and oxygen atoms in total. The van der Waals surface area contributed by atoms with Crippen LogP contribution in [0.25, 0.3) is 0 Å². The standard InChI is InChI=1S/C17H21N3O2/c1-21-11-15-7-6-14(17(19)20)8-16(15)22-10-13-4-2-12(9-18)3-5-13/h2-8H,9-11,18H2,1H3,(H3,19,20). The molecular formula is C17H21N3O2. The maximum absolute atomic E-state index is 7.52. The van der Waals surface area contributed by atoms with Crippen molar-refractivity contribution in [1.82, 2.24) is 0 Å². The van der Waals surface area contributed by atoms with Crippen molar-refractivity contribution in [3.63, 3.8) is 0 Å².